The van der Waals surface area contributed by atoms with Crippen molar-refractivity contribution >= 4 is 49.5 Å². The molecular formula is C13H10Br2F3NO4. The van der Waals surface area contributed by atoms with Gasteiger partial charge in [0.1, 0.15) is 5.70 Å². The highest BCUT2D eigenvalue weighted by Crippen LogP contribution is 2.39. The highest BCUT2D eigenvalue weighted by Gasteiger charge is 2.32. The quantitative estimate of drug-likeness (QED) is 0.545. The molecule has 0 spiro atoms. The minimum Gasteiger partial charge on any atom is -0.466 e. The van der Waals surface area contributed by atoms with E-state index in [1.54, 1.807) is 0 Å². The van der Waals surface area contributed by atoms with E-state index in [2.05, 4.69) is 46.7 Å². The fourth-order valence-electron chi connectivity index (χ4n) is 1.42. The molecule has 0 aromatic heterocycles. The Morgan fingerprint density at radius 1 is 1.13 bits per heavy atom. The standard InChI is InChI=1S/C13H10Br2F3NO4/c1-22-10(20)5-9(12(21)23-2)19-11-7(14)3-6(4-8(11)15)13(16,17)18/h3-5,19H,1-2H3/b9-5+. The lowest BCUT2D eigenvalue weighted by atomic mass is 10.2. The van der Waals surface area contributed by atoms with Gasteiger partial charge in [-0.3, -0.25) is 0 Å². The molecule has 23 heavy (non-hydrogen) atoms. The molecule has 1 N–H and O–H groups in total. The molecule has 0 atom stereocenters. The van der Waals surface area contributed by atoms with Crippen LogP contribution < -0.4 is 5.32 Å². The maximum absolute atomic E-state index is 12.7. The van der Waals surface area contributed by atoms with Crippen molar-refractivity contribution in [2.24, 2.45) is 0 Å². The van der Waals surface area contributed by atoms with Gasteiger partial charge in [0.2, 0.25) is 0 Å². The highest BCUT2D eigenvalue weighted by molar-refractivity contribution is 9.11. The molecule has 0 fully saturated rings. The molecule has 0 radical (unpaired) electrons. The van der Waals surface area contributed by atoms with Crippen LogP contribution in [0.25, 0.3) is 0 Å². The summed E-state index contributed by atoms with van der Waals surface area (Å²) in [6.07, 6.45) is -3.71. The van der Waals surface area contributed by atoms with Crippen LogP contribution in [0.5, 0.6) is 0 Å². The second-order valence-corrected chi connectivity index (χ2v) is 5.72. The lowest BCUT2D eigenvalue weighted by Crippen LogP contribution is -2.16. The molecule has 0 aliphatic heterocycles. The van der Waals surface area contributed by atoms with E-state index < -0.39 is 23.7 Å². The fourth-order valence-corrected chi connectivity index (χ4v) is 2.81. The first-order valence-corrected chi connectivity index (χ1v) is 7.40. The molecule has 0 saturated carbocycles. The molecular weight excluding hydrogens is 451 g/mol. The van der Waals surface area contributed by atoms with Crippen LogP contribution in [0.3, 0.4) is 0 Å². The molecule has 0 bridgehead atoms. The highest BCUT2D eigenvalue weighted by atomic mass is 79.9. The number of esters is 2. The molecule has 0 aliphatic rings. The molecule has 1 aromatic carbocycles. The zero-order chi connectivity index (χ0) is 17.8. The predicted molar refractivity (Wildman–Crippen MR) is 82.6 cm³/mol. The number of rotatable bonds is 4. The van der Waals surface area contributed by atoms with Crippen LogP contribution in [0.4, 0.5) is 18.9 Å². The number of nitrogens with one attached hydrogen (secondary N) is 1. The second-order valence-electron chi connectivity index (χ2n) is 4.01. The summed E-state index contributed by atoms with van der Waals surface area (Å²) in [6, 6.07) is 1.67. The van der Waals surface area contributed by atoms with E-state index in [1.807, 2.05) is 0 Å². The van der Waals surface area contributed by atoms with Gasteiger partial charge in [-0.1, -0.05) is 0 Å². The van der Waals surface area contributed by atoms with Crippen LogP contribution >= 0.6 is 31.9 Å². The zero-order valence-electron chi connectivity index (χ0n) is 11.8. The lowest BCUT2D eigenvalue weighted by molar-refractivity contribution is -0.138. The van der Waals surface area contributed by atoms with Gasteiger partial charge in [-0.15, -0.1) is 0 Å². The monoisotopic (exact) mass is 459 g/mol. The van der Waals surface area contributed by atoms with Gasteiger partial charge in [0, 0.05) is 8.95 Å². The average Bonchev–Trinajstić information content (AvgIpc) is 2.47. The summed E-state index contributed by atoms with van der Waals surface area (Å²) >= 11 is 5.97. The minimum absolute atomic E-state index is 0.0267. The molecule has 0 unspecified atom stereocenters. The molecule has 0 heterocycles. The van der Waals surface area contributed by atoms with Gasteiger partial charge in [-0.2, -0.15) is 13.2 Å². The summed E-state index contributed by atoms with van der Waals surface area (Å²) in [5.74, 6) is -1.73. The predicted octanol–water partition coefficient (Wildman–Crippen LogP) is 3.87. The van der Waals surface area contributed by atoms with Crippen LogP contribution in [-0.2, 0) is 25.2 Å². The molecule has 1 aromatic rings. The van der Waals surface area contributed by atoms with Crippen LogP contribution in [0.15, 0.2) is 32.9 Å². The summed E-state index contributed by atoms with van der Waals surface area (Å²) in [4.78, 5) is 22.9. The van der Waals surface area contributed by atoms with Crippen molar-refractivity contribution in [2.45, 2.75) is 6.18 Å². The molecule has 1 rings (SSSR count). The molecule has 5 nitrogen and oxygen atoms in total. The Labute approximate surface area is 146 Å². The number of anilines is 1. The van der Waals surface area contributed by atoms with E-state index in [4.69, 9.17) is 0 Å². The van der Waals surface area contributed by atoms with Gasteiger partial charge in [0.05, 0.1) is 31.5 Å². The molecule has 10 heteroatoms. The van der Waals surface area contributed by atoms with Crippen LogP contribution in [0.1, 0.15) is 5.56 Å². The normalized spacial score (nSPS) is 11.9. The third-order valence-electron chi connectivity index (χ3n) is 2.50. The summed E-state index contributed by atoms with van der Waals surface area (Å²) in [6.45, 7) is 0. The number of benzene rings is 1. The smallest absolute Gasteiger partial charge is 0.416 e. The van der Waals surface area contributed by atoms with Crippen LogP contribution in [-0.4, -0.2) is 26.2 Å². The largest absolute Gasteiger partial charge is 0.466 e. The van der Waals surface area contributed by atoms with Crippen molar-refractivity contribution in [2.75, 3.05) is 19.5 Å². The van der Waals surface area contributed by atoms with Gasteiger partial charge < -0.3 is 14.8 Å². The van der Waals surface area contributed by atoms with Crippen molar-refractivity contribution in [3.63, 3.8) is 0 Å². The maximum atomic E-state index is 12.7. The number of hydrogen-bond donors (Lipinski definition) is 1. The van der Waals surface area contributed by atoms with Crippen LogP contribution in [0.2, 0.25) is 0 Å². The van der Waals surface area contributed by atoms with E-state index in [1.165, 1.54) is 0 Å². The summed E-state index contributed by atoms with van der Waals surface area (Å²) in [5, 5.41) is 2.53. The first kappa shape index (κ1) is 19.5. The average molecular weight is 461 g/mol. The van der Waals surface area contributed by atoms with Crippen molar-refractivity contribution in [1.82, 2.24) is 0 Å². The van der Waals surface area contributed by atoms with Crippen molar-refractivity contribution in [3.8, 4) is 0 Å². The number of carbonyl (C=O) groups excluding carboxylic acids is 2. The van der Waals surface area contributed by atoms with Crippen molar-refractivity contribution in [1.29, 1.82) is 0 Å². The summed E-state index contributed by atoms with van der Waals surface area (Å²) in [5.41, 5.74) is -1.09. The van der Waals surface area contributed by atoms with E-state index in [-0.39, 0.29) is 20.3 Å². The Bertz CT molecular complexity index is 636. The minimum atomic E-state index is -4.53. The number of hydrogen-bond acceptors (Lipinski definition) is 5. The Balaban J connectivity index is 3.27. The van der Waals surface area contributed by atoms with E-state index >= 15 is 0 Å². The molecule has 0 aliphatic carbocycles. The van der Waals surface area contributed by atoms with Crippen molar-refractivity contribution < 1.29 is 32.2 Å². The SMILES string of the molecule is COC(=O)/C=C(/Nc1c(Br)cc(C(F)(F)F)cc1Br)C(=O)OC. The van der Waals surface area contributed by atoms with Gasteiger partial charge in [0.15, 0.2) is 0 Å². The first-order valence-electron chi connectivity index (χ1n) is 5.81. The number of carbonyl (C=O) groups is 2. The first-order chi connectivity index (χ1) is 10.6. The Hall–Kier alpha value is -1.55. The number of alkyl halides is 3. The molecule has 0 saturated heterocycles. The maximum Gasteiger partial charge on any atom is 0.416 e. The number of ether oxygens (including phenoxy) is 2. The van der Waals surface area contributed by atoms with Gasteiger partial charge in [0.25, 0.3) is 0 Å². The van der Waals surface area contributed by atoms with Crippen LogP contribution in [0, 0.1) is 0 Å². The zero-order valence-corrected chi connectivity index (χ0v) is 14.9. The Morgan fingerprint density at radius 3 is 2.04 bits per heavy atom. The van der Waals surface area contributed by atoms with E-state index in [0.29, 0.717) is 0 Å². The topological polar surface area (TPSA) is 64.6 Å². The fraction of sp³-hybridized carbons (Fsp3) is 0.231. The number of halogens is 5. The summed E-state index contributed by atoms with van der Waals surface area (Å²) < 4.78 is 47.2. The molecule has 126 valence electrons. The lowest BCUT2D eigenvalue weighted by Gasteiger charge is -2.15. The van der Waals surface area contributed by atoms with Gasteiger partial charge in [-0.05, 0) is 44.0 Å². The number of methoxy groups -OCH3 is 2. The Kier molecular flexibility index (Phi) is 6.63. The van der Waals surface area contributed by atoms with Gasteiger partial charge in [-0.25, -0.2) is 9.59 Å². The molecule has 0 amide bonds. The van der Waals surface area contributed by atoms with Gasteiger partial charge >= 0.3 is 18.1 Å². The Morgan fingerprint density at radius 2 is 1.65 bits per heavy atom. The van der Waals surface area contributed by atoms with Crippen molar-refractivity contribution in [3.05, 3.63) is 38.4 Å². The van der Waals surface area contributed by atoms with E-state index in [0.717, 1.165) is 32.4 Å². The van der Waals surface area contributed by atoms with E-state index in [9.17, 15) is 22.8 Å². The third kappa shape index (κ3) is 5.24. The second kappa shape index (κ2) is 7.82. The summed E-state index contributed by atoms with van der Waals surface area (Å²) in [7, 11) is 2.20. The third-order valence-corrected chi connectivity index (χ3v) is 3.75.